The van der Waals surface area contributed by atoms with E-state index >= 15 is 0 Å². The van der Waals surface area contributed by atoms with Crippen LogP contribution in [0.4, 0.5) is 8.78 Å². The van der Waals surface area contributed by atoms with Crippen molar-refractivity contribution in [3.8, 4) is 0 Å². The normalized spacial score (nSPS) is 19.7. The van der Waals surface area contributed by atoms with Gasteiger partial charge in [0.25, 0.3) is 0 Å². The Morgan fingerprint density at radius 3 is 2.41 bits per heavy atom. The molecule has 0 amide bonds. The minimum atomic E-state index is -3.23. The van der Waals surface area contributed by atoms with Crippen molar-refractivity contribution in [3.63, 3.8) is 0 Å². The summed E-state index contributed by atoms with van der Waals surface area (Å²) in [5.41, 5.74) is 0. The lowest BCUT2D eigenvalue weighted by Crippen LogP contribution is -2.29. The van der Waals surface area contributed by atoms with Crippen LogP contribution in [-0.4, -0.2) is 29.6 Å². The van der Waals surface area contributed by atoms with Gasteiger partial charge in [-0.3, -0.25) is 14.4 Å². The summed E-state index contributed by atoms with van der Waals surface area (Å²) in [6, 6.07) is 0. The molecule has 0 spiro atoms. The molecule has 0 radical (unpaired) electrons. The molecular formula is C23H38F2O4. The molecule has 0 aromatic rings. The van der Waals surface area contributed by atoms with Crippen molar-refractivity contribution in [1.29, 1.82) is 0 Å². The molecule has 0 aromatic heterocycles. The van der Waals surface area contributed by atoms with Crippen molar-refractivity contribution in [1.82, 2.24) is 0 Å². The Balaban J connectivity index is 2.29. The number of esters is 1. The minimum absolute atomic E-state index is 0.0504. The third-order valence-electron chi connectivity index (χ3n) is 5.75. The Hall–Kier alpha value is -1.33. The summed E-state index contributed by atoms with van der Waals surface area (Å²) < 4.78 is 32.8. The maximum Gasteiger partial charge on any atom is 0.306 e. The van der Waals surface area contributed by atoms with Crippen LogP contribution in [0.1, 0.15) is 104 Å². The molecule has 0 heterocycles. The van der Waals surface area contributed by atoms with Crippen LogP contribution < -0.4 is 0 Å². The van der Waals surface area contributed by atoms with E-state index in [2.05, 4.69) is 0 Å². The van der Waals surface area contributed by atoms with Crippen LogP contribution in [0.15, 0.2) is 0 Å². The summed E-state index contributed by atoms with van der Waals surface area (Å²) in [6.45, 7) is 5.48. The molecule has 1 fully saturated rings. The topological polar surface area (TPSA) is 60.4 Å². The summed E-state index contributed by atoms with van der Waals surface area (Å²) in [4.78, 5) is 35.6. The van der Waals surface area contributed by atoms with E-state index in [-0.39, 0.29) is 42.5 Å². The maximum atomic E-state index is 13.9. The van der Waals surface area contributed by atoms with E-state index in [1.165, 1.54) is 0 Å². The molecular weight excluding hydrogens is 378 g/mol. The Labute approximate surface area is 174 Å². The van der Waals surface area contributed by atoms with E-state index in [9.17, 15) is 23.2 Å². The van der Waals surface area contributed by atoms with Crippen LogP contribution in [0.25, 0.3) is 0 Å². The molecule has 1 aliphatic rings. The molecule has 0 bridgehead atoms. The molecule has 2 atom stereocenters. The van der Waals surface area contributed by atoms with E-state index in [0.717, 1.165) is 32.1 Å². The Bertz CT molecular complexity index is 531. The molecule has 1 saturated carbocycles. The number of hydrogen-bond donors (Lipinski definition) is 0. The third-order valence-corrected chi connectivity index (χ3v) is 5.75. The Morgan fingerprint density at radius 1 is 1.07 bits per heavy atom. The molecule has 0 aromatic carbocycles. The largest absolute Gasteiger partial charge is 0.463 e. The van der Waals surface area contributed by atoms with Crippen LogP contribution >= 0.6 is 0 Å². The van der Waals surface area contributed by atoms with Gasteiger partial charge in [-0.05, 0) is 51.9 Å². The molecule has 29 heavy (non-hydrogen) atoms. The summed E-state index contributed by atoms with van der Waals surface area (Å²) >= 11 is 0. The van der Waals surface area contributed by atoms with Crippen LogP contribution in [0, 0.1) is 11.8 Å². The molecule has 6 heteroatoms. The quantitative estimate of drug-likeness (QED) is 0.241. The lowest BCUT2D eigenvalue weighted by atomic mass is 9.85. The van der Waals surface area contributed by atoms with Gasteiger partial charge in [-0.1, -0.05) is 32.6 Å². The molecule has 0 saturated heterocycles. The van der Waals surface area contributed by atoms with Crippen molar-refractivity contribution < 1.29 is 27.9 Å². The van der Waals surface area contributed by atoms with Crippen LogP contribution in [0.3, 0.4) is 0 Å². The Morgan fingerprint density at radius 2 is 1.76 bits per heavy atom. The van der Waals surface area contributed by atoms with E-state index in [1.807, 2.05) is 20.8 Å². The van der Waals surface area contributed by atoms with Crippen molar-refractivity contribution in [3.05, 3.63) is 0 Å². The smallest absolute Gasteiger partial charge is 0.306 e. The lowest BCUT2D eigenvalue weighted by Gasteiger charge is -2.20. The van der Waals surface area contributed by atoms with Crippen molar-refractivity contribution in [2.75, 3.05) is 0 Å². The fourth-order valence-corrected chi connectivity index (χ4v) is 4.07. The first kappa shape index (κ1) is 25.7. The molecule has 168 valence electrons. The second-order valence-corrected chi connectivity index (χ2v) is 8.63. The first-order valence-corrected chi connectivity index (χ1v) is 11.3. The van der Waals surface area contributed by atoms with Gasteiger partial charge in [-0.15, -0.1) is 0 Å². The van der Waals surface area contributed by atoms with Gasteiger partial charge in [0.15, 0.2) is 0 Å². The second-order valence-electron chi connectivity index (χ2n) is 8.63. The molecule has 4 nitrogen and oxygen atoms in total. The van der Waals surface area contributed by atoms with Gasteiger partial charge in [-0.2, -0.15) is 8.78 Å². The van der Waals surface area contributed by atoms with Gasteiger partial charge in [0, 0.05) is 31.6 Å². The molecule has 1 aliphatic carbocycles. The lowest BCUT2D eigenvalue weighted by molar-refractivity contribution is -0.147. The SMILES string of the molecule is CCCCC(F)(F)C(=O)CC[C@H]1CCC(=O)C1CCCCCCC(=O)OC(C)C. The Kier molecular flexibility index (Phi) is 11.6. The minimum Gasteiger partial charge on any atom is -0.463 e. The maximum absolute atomic E-state index is 13.9. The van der Waals surface area contributed by atoms with Gasteiger partial charge in [0.1, 0.15) is 5.78 Å². The first-order chi connectivity index (χ1) is 13.7. The number of unbranched alkanes of at least 4 members (excludes halogenated alkanes) is 4. The van der Waals surface area contributed by atoms with Gasteiger partial charge >= 0.3 is 11.9 Å². The highest BCUT2D eigenvalue weighted by Crippen LogP contribution is 2.37. The van der Waals surface area contributed by atoms with Gasteiger partial charge in [0.2, 0.25) is 5.78 Å². The molecule has 1 rings (SSSR count). The van der Waals surface area contributed by atoms with Crippen LogP contribution in [0.5, 0.6) is 0 Å². The number of ketones is 2. The predicted molar refractivity (Wildman–Crippen MR) is 109 cm³/mol. The van der Waals surface area contributed by atoms with Gasteiger partial charge < -0.3 is 4.74 Å². The highest BCUT2D eigenvalue weighted by Gasteiger charge is 2.39. The zero-order chi connectivity index (χ0) is 21.9. The van der Waals surface area contributed by atoms with E-state index in [4.69, 9.17) is 4.74 Å². The van der Waals surface area contributed by atoms with Gasteiger partial charge in [0.05, 0.1) is 6.10 Å². The third kappa shape index (κ3) is 9.81. The van der Waals surface area contributed by atoms with Crippen molar-refractivity contribution in [2.45, 2.75) is 116 Å². The number of hydrogen-bond acceptors (Lipinski definition) is 4. The van der Waals surface area contributed by atoms with Crippen LogP contribution in [-0.2, 0) is 19.1 Å². The highest BCUT2D eigenvalue weighted by atomic mass is 19.3. The van der Waals surface area contributed by atoms with Gasteiger partial charge in [-0.25, -0.2) is 0 Å². The molecule has 1 unspecified atom stereocenters. The fraction of sp³-hybridized carbons (Fsp3) is 0.870. The number of ether oxygens (including phenoxy) is 1. The average molecular weight is 417 g/mol. The summed E-state index contributed by atoms with van der Waals surface area (Å²) in [6.07, 6.45) is 6.63. The second kappa shape index (κ2) is 13.1. The monoisotopic (exact) mass is 416 g/mol. The number of carbonyl (C=O) groups excluding carboxylic acids is 3. The average Bonchev–Trinajstić information content (AvgIpc) is 3.00. The zero-order valence-corrected chi connectivity index (χ0v) is 18.3. The number of alkyl halides is 2. The van der Waals surface area contributed by atoms with E-state index in [0.29, 0.717) is 38.5 Å². The van der Waals surface area contributed by atoms with E-state index < -0.39 is 11.7 Å². The molecule has 0 N–H and O–H groups in total. The highest BCUT2D eigenvalue weighted by molar-refractivity contribution is 5.86. The molecule has 0 aliphatic heterocycles. The number of rotatable bonds is 15. The van der Waals surface area contributed by atoms with Crippen molar-refractivity contribution in [2.24, 2.45) is 11.8 Å². The fourth-order valence-electron chi connectivity index (χ4n) is 4.07. The van der Waals surface area contributed by atoms with E-state index in [1.54, 1.807) is 0 Å². The number of carbonyl (C=O) groups is 3. The van der Waals surface area contributed by atoms with Crippen molar-refractivity contribution >= 4 is 17.5 Å². The number of halogens is 2. The zero-order valence-electron chi connectivity index (χ0n) is 18.3. The summed E-state index contributed by atoms with van der Waals surface area (Å²) in [5, 5.41) is 0. The number of Topliss-reactive ketones (excluding diaryl/α,β-unsaturated/α-hetero) is 2. The first-order valence-electron chi connectivity index (χ1n) is 11.3. The standard InChI is InChI=1S/C23H38F2O4/c1-4-5-16-23(24,25)21(27)15-13-18-12-14-20(26)19(18)10-8-6-7-9-11-22(28)29-17(2)3/h17-19H,4-16H2,1-3H3/t18-,19?/m1/s1. The predicted octanol–water partition coefficient (Wildman–Crippen LogP) is 6.05. The summed E-state index contributed by atoms with van der Waals surface area (Å²) in [5.74, 6) is -4.22. The van der Waals surface area contributed by atoms with Crippen LogP contribution in [0.2, 0.25) is 0 Å². The summed E-state index contributed by atoms with van der Waals surface area (Å²) in [7, 11) is 0.